The summed E-state index contributed by atoms with van der Waals surface area (Å²) in [7, 11) is 1.52. The van der Waals surface area contributed by atoms with Crippen LogP contribution in [0.2, 0.25) is 0 Å². The number of nitrogens with one attached hydrogen (secondary N) is 2. The molecule has 31 heavy (non-hydrogen) atoms. The number of imidazole rings is 1. The normalized spacial score (nSPS) is 11.3. The van der Waals surface area contributed by atoms with Crippen molar-refractivity contribution >= 4 is 23.3 Å². The summed E-state index contributed by atoms with van der Waals surface area (Å²) in [5.41, 5.74) is 2.78. The van der Waals surface area contributed by atoms with E-state index in [1.54, 1.807) is 16.7 Å². The summed E-state index contributed by atoms with van der Waals surface area (Å²) in [6.07, 6.45) is 1.49. The van der Waals surface area contributed by atoms with E-state index in [9.17, 15) is 14.0 Å². The van der Waals surface area contributed by atoms with Gasteiger partial charge in [0, 0.05) is 7.05 Å². The van der Waals surface area contributed by atoms with Crippen molar-refractivity contribution < 1.29 is 9.13 Å². The topological polar surface area (TPSA) is 106 Å². The van der Waals surface area contributed by atoms with Crippen molar-refractivity contribution in [1.29, 1.82) is 0 Å². The summed E-state index contributed by atoms with van der Waals surface area (Å²) in [5, 5.41) is 4.12. The first kappa shape index (κ1) is 20.1. The van der Waals surface area contributed by atoms with E-state index in [4.69, 9.17) is 4.74 Å². The molecule has 0 bridgehead atoms. The largest absolute Gasteiger partial charge is 0.492 e. The minimum absolute atomic E-state index is 0.216. The van der Waals surface area contributed by atoms with Gasteiger partial charge in [-0.15, -0.1) is 0 Å². The van der Waals surface area contributed by atoms with Crippen molar-refractivity contribution in [3.63, 3.8) is 0 Å². The maximum absolute atomic E-state index is 13.0. The van der Waals surface area contributed by atoms with Crippen LogP contribution in [0.5, 0.6) is 5.75 Å². The summed E-state index contributed by atoms with van der Waals surface area (Å²) < 4.78 is 21.6. The molecule has 2 aromatic carbocycles. The lowest BCUT2D eigenvalue weighted by molar-refractivity contribution is 0.301. The lowest BCUT2D eigenvalue weighted by Crippen LogP contribution is -2.29. The second-order valence-corrected chi connectivity index (χ2v) is 6.66. The molecule has 0 amide bonds. The molecule has 9 nitrogen and oxygen atoms in total. The Morgan fingerprint density at radius 3 is 2.65 bits per heavy atom. The van der Waals surface area contributed by atoms with Crippen LogP contribution in [0.1, 0.15) is 5.56 Å². The van der Waals surface area contributed by atoms with E-state index in [2.05, 4.69) is 20.5 Å². The first-order valence-electron chi connectivity index (χ1n) is 9.45. The number of aromatic amines is 1. The number of benzene rings is 2. The van der Waals surface area contributed by atoms with Gasteiger partial charge in [0.2, 0.25) is 5.95 Å². The van der Waals surface area contributed by atoms with Gasteiger partial charge in [-0.2, -0.15) is 10.1 Å². The van der Waals surface area contributed by atoms with Crippen LogP contribution in [0.25, 0.3) is 11.2 Å². The number of halogens is 1. The van der Waals surface area contributed by atoms with Gasteiger partial charge >= 0.3 is 5.69 Å². The van der Waals surface area contributed by atoms with E-state index < -0.39 is 11.2 Å². The molecule has 158 valence electrons. The number of aryl methyl sites for hydroxylation is 1. The number of nitrogens with zero attached hydrogens (tertiary/aromatic N) is 4. The predicted octanol–water partition coefficient (Wildman–Crippen LogP) is 2.09. The summed E-state index contributed by atoms with van der Waals surface area (Å²) >= 11 is 0. The molecular weight excluding hydrogens is 403 g/mol. The predicted molar refractivity (Wildman–Crippen MR) is 115 cm³/mol. The number of hydrogen-bond acceptors (Lipinski definition) is 6. The number of anilines is 1. The molecule has 0 saturated carbocycles. The van der Waals surface area contributed by atoms with Crippen LogP contribution in [0.3, 0.4) is 0 Å². The summed E-state index contributed by atoms with van der Waals surface area (Å²) in [5.74, 6) is 0.610. The van der Waals surface area contributed by atoms with Crippen LogP contribution in [-0.4, -0.2) is 31.9 Å². The highest BCUT2D eigenvalue weighted by Crippen LogP contribution is 2.16. The van der Waals surface area contributed by atoms with E-state index in [0.29, 0.717) is 11.3 Å². The Labute approximate surface area is 175 Å². The Bertz CT molecular complexity index is 1340. The number of para-hydroxylation sites is 1. The number of rotatable bonds is 7. The van der Waals surface area contributed by atoms with Crippen molar-refractivity contribution in [2.45, 2.75) is 6.54 Å². The van der Waals surface area contributed by atoms with Crippen LogP contribution in [0.15, 0.2) is 69.3 Å². The quantitative estimate of drug-likeness (QED) is 0.350. The van der Waals surface area contributed by atoms with Gasteiger partial charge in [0.25, 0.3) is 5.56 Å². The molecule has 4 rings (SSSR count). The molecule has 4 aromatic rings. The number of H-pyrrole nitrogens is 1. The van der Waals surface area contributed by atoms with Crippen molar-refractivity contribution in [2.75, 3.05) is 12.0 Å². The van der Waals surface area contributed by atoms with E-state index in [1.165, 1.54) is 30.0 Å². The lowest BCUT2D eigenvalue weighted by atomic mass is 10.2. The first-order chi connectivity index (χ1) is 15.0. The van der Waals surface area contributed by atoms with E-state index in [0.717, 1.165) is 0 Å². The highest BCUT2D eigenvalue weighted by atomic mass is 19.1. The number of aromatic nitrogens is 4. The smallest absolute Gasteiger partial charge is 0.329 e. The number of hydrogen-bond donors (Lipinski definition) is 2. The monoisotopic (exact) mass is 422 g/mol. The zero-order chi connectivity index (χ0) is 21.8. The zero-order valence-electron chi connectivity index (χ0n) is 16.6. The maximum Gasteiger partial charge on any atom is 0.329 e. The number of hydrazone groups is 1. The molecule has 0 spiro atoms. The van der Waals surface area contributed by atoms with Gasteiger partial charge in [0.15, 0.2) is 11.2 Å². The van der Waals surface area contributed by atoms with Gasteiger partial charge in [-0.05, 0) is 29.8 Å². The maximum atomic E-state index is 13.0. The minimum Gasteiger partial charge on any atom is -0.492 e. The molecule has 0 aliphatic carbocycles. The van der Waals surface area contributed by atoms with Crippen molar-refractivity contribution in [1.82, 2.24) is 19.1 Å². The summed E-state index contributed by atoms with van der Waals surface area (Å²) in [6.45, 7) is 0.537. The highest BCUT2D eigenvalue weighted by molar-refractivity contribution is 5.80. The summed E-state index contributed by atoms with van der Waals surface area (Å²) in [4.78, 5) is 31.1. The van der Waals surface area contributed by atoms with Crippen LogP contribution >= 0.6 is 0 Å². The fourth-order valence-electron chi connectivity index (χ4n) is 3.02. The minimum atomic E-state index is -0.566. The first-order valence-corrected chi connectivity index (χ1v) is 9.45. The molecule has 0 aliphatic heterocycles. The SMILES string of the molecule is Cn1c(=O)[nH]c(=O)c2c1nc(N/N=C\c1ccc(F)cc1)n2CCOc1ccccc1. The Kier molecular flexibility index (Phi) is 5.61. The van der Waals surface area contributed by atoms with E-state index in [1.807, 2.05) is 30.3 Å². The molecule has 0 fully saturated rings. The third kappa shape index (κ3) is 4.37. The second-order valence-electron chi connectivity index (χ2n) is 6.66. The van der Waals surface area contributed by atoms with Crippen LogP contribution in [0.4, 0.5) is 10.3 Å². The number of fused-ring (bicyclic) bond motifs is 1. The Hall–Kier alpha value is -4.21. The highest BCUT2D eigenvalue weighted by Gasteiger charge is 2.17. The Morgan fingerprint density at radius 1 is 1.16 bits per heavy atom. The van der Waals surface area contributed by atoms with Crippen molar-refractivity contribution in [3.05, 3.63) is 86.8 Å². The van der Waals surface area contributed by atoms with E-state index >= 15 is 0 Å². The molecular formula is C21H19FN6O3. The molecule has 0 aliphatic rings. The average molecular weight is 422 g/mol. The fraction of sp³-hybridized carbons (Fsp3) is 0.143. The van der Waals surface area contributed by atoms with Crippen LogP contribution in [-0.2, 0) is 13.6 Å². The number of ether oxygens (including phenoxy) is 1. The third-order valence-corrected chi connectivity index (χ3v) is 4.58. The molecule has 0 radical (unpaired) electrons. The van der Waals surface area contributed by atoms with Gasteiger partial charge in [0.1, 0.15) is 18.2 Å². The molecule has 0 unspecified atom stereocenters. The van der Waals surface area contributed by atoms with Gasteiger partial charge < -0.3 is 4.74 Å². The van der Waals surface area contributed by atoms with Gasteiger partial charge in [0.05, 0.1) is 12.8 Å². The van der Waals surface area contributed by atoms with Crippen molar-refractivity contribution in [3.8, 4) is 5.75 Å². The Balaban J connectivity index is 1.64. The lowest BCUT2D eigenvalue weighted by Gasteiger charge is -2.10. The van der Waals surface area contributed by atoms with E-state index in [-0.39, 0.29) is 36.1 Å². The Morgan fingerprint density at radius 2 is 1.90 bits per heavy atom. The second kappa shape index (κ2) is 8.66. The standard InChI is InChI=1S/C21H19FN6O3/c1-27-18-17(19(29)25-21(27)30)28(11-12-31-16-5-3-2-4-6-16)20(24-18)26-23-13-14-7-9-15(22)10-8-14/h2-10,13H,11-12H2,1H3,(H,24,26)(H,25,29,30)/b23-13-. The van der Waals surface area contributed by atoms with Crippen LogP contribution < -0.4 is 21.4 Å². The summed E-state index contributed by atoms with van der Waals surface area (Å²) in [6, 6.07) is 15.1. The van der Waals surface area contributed by atoms with Gasteiger partial charge in [-0.25, -0.2) is 14.6 Å². The molecule has 0 saturated heterocycles. The third-order valence-electron chi connectivity index (χ3n) is 4.58. The van der Waals surface area contributed by atoms with Crippen LogP contribution in [0, 0.1) is 5.82 Å². The van der Waals surface area contributed by atoms with Gasteiger partial charge in [-0.3, -0.25) is 18.9 Å². The average Bonchev–Trinajstić information content (AvgIpc) is 3.13. The molecule has 2 N–H and O–H groups in total. The molecule has 0 atom stereocenters. The van der Waals surface area contributed by atoms with Crippen molar-refractivity contribution in [2.24, 2.45) is 12.1 Å². The molecule has 2 heterocycles. The fourth-order valence-corrected chi connectivity index (χ4v) is 3.02. The molecule has 10 heteroatoms. The molecule has 2 aromatic heterocycles. The zero-order valence-corrected chi connectivity index (χ0v) is 16.6. The van der Waals surface area contributed by atoms with Gasteiger partial charge in [-0.1, -0.05) is 30.3 Å².